The number of nitrogens with one attached hydrogen (secondary N) is 1. The number of phenolic OH excluding ortho intramolecular Hbond substituents is 1. The lowest BCUT2D eigenvalue weighted by atomic mass is 10.2. The molecule has 0 aliphatic rings. The Morgan fingerprint density at radius 3 is 2.81 bits per heavy atom. The molecule has 0 heterocycles. The Morgan fingerprint density at radius 2 is 2.25 bits per heavy atom. The van der Waals surface area contributed by atoms with E-state index in [9.17, 15) is 9.90 Å². The lowest BCUT2D eigenvalue weighted by molar-refractivity contribution is -0.121. The number of halogens is 1. The van der Waals surface area contributed by atoms with Crippen LogP contribution in [0.4, 0.5) is 0 Å². The van der Waals surface area contributed by atoms with Crippen LogP contribution in [0.2, 0.25) is 5.02 Å². The zero-order valence-corrected chi connectivity index (χ0v) is 10.1. The first-order chi connectivity index (χ1) is 7.54. The molecule has 0 spiro atoms. The van der Waals surface area contributed by atoms with E-state index in [1.54, 1.807) is 37.2 Å². The molecule has 0 aromatic heterocycles. The van der Waals surface area contributed by atoms with E-state index in [1.807, 2.05) is 0 Å². The number of amides is 1. The first kappa shape index (κ1) is 12.8. The maximum Gasteiger partial charge on any atom is 0.233 e. The van der Waals surface area contributed by atoms with Gasteiger partial charge in [0, 0.05) is 24.2 Å². The van der Waals surface area contributed by atoms with E-state index >= 15 is 0 Å². The van der Waals surface area contributed by atoms with Gasteiger partial charge in [-0.15, -0.1) is 0 Å². The lowest BCUT2D eigenvalue weighted by Gasteiger charge is -2.17. The molecule has 0 saturated carbocycles. The van der Waals surface area contributed by atoms with E-state index in [-0.39, 0.29) is 18.2 Å². The van der Waals surface area contributed by atoms with Gasteiger partial charge in [-0.2, -0.15) is 0 Å². The molecule has 1 aromatic carbocycles. The van der Waals surface area contributed by atoms with Crippen LogP contribution >= 0.6 is 11.6 Å². The number of carbonyl (C=O) groups excluding carboxylic acids is 1. The Hall–Kier alpha value is -1.26. The summed E-state index contributed by atoms with van der Waals surface area (Å²) in [5.41, 5.74) is 0.635. The monoisotopic (exact) mass is 242 g/mol. The summed E-state index contributed by atoms with van der Waals surface area (Å²) in [4.78, 5) is 12.9. The molecule has 0 saturated heterocycles. The van der Waals surface area contributed by atoms with Crippen molar-refractivity contribution in [2.45, 2.75) is 6.54 Å². The van der Waals surface area contributed by atoms with Crippen LogP contribution < -0.4 is 5.32 Å². The first-order valence-corrected chi connectivity index (χ1v) is 5.28. The number of nitrogens with zero attached hydrogens (tertiary/aromatic N) is 1. The van der Waals surface area contributed by atoms with Crippen LogP contribution in [0.1, 0.15) is 5.56 Å². The average molecular weight is 243 g/mol. The molecule has 16 heavy (non-hydrogen) atoms. The van der Waals surface area contributed by atoms with Crippen LogP contribution in [0.3, 0.4) is 0 Å². The average Bonchev–Trinajstić information content (AvgIpc) is 2.23. The predicted octanol–water partition coefficient (Wildman–Crippen LogP) is 1.22. The maximum absolute atomic E-state index is 11.1. The summed E-state index contributed by atoms with van der Waals surface area (Å²) in [6, 6.07) is 4.97. The Kier molecular flexibility index (Phi) is 4.58. The molecule has 1 aromatic rings. The van der Waals surface area contributed by atoms with E-state index in [2.05, 4.69) is 5.32 Å². The van der Waals surface area contributed by atoms with Gasteiger partial charge in [0.05, 0.1) is 6.54 Å². The Bertz CT molecular complexity index is 362. The summed E-state index contributed by atoms with van der Waals surface area (Å²) in [5, 5.41) is 12.7. The molecular weight excluding hydrogens is 228 g/mol. The predicted molar refractivity (Wildman–Crippen MR) is 63.5 cm³/mol. The Morgan fingerprint density at radius 1 is 1.56 bits per heavy atom. The van der Waals surface area contributed by atoms with Gasteiger partial charge in [-0.25, -0.2) is 0 Å². The molecule has 2 N–H and O–H groups in total. The third kappa shape index (κ3) is 3.40. The van der Waals surface area contributed by atoms with Crippen LogP contribution in [-0.4, -0.2) is 36.6 Å². The molecule has 0 fully saturated rings. The lowest BCUT2D eigenvalue weighted by Crippen LogP contribution is -2.32. The fourth-order valence-corrected chi connectivity index (χ4v) is 1.58. The van der Waals surface area contributed by atoms with Crippen molar-refractivity contribution in [3.05, 3.63) is 28.8 Å². The third-order valence-electron chi connectivity index (χ3n) is 2.21. The van der Waals surface area contributed by atoms with Crippen LogP contribution in [-0.2, 0) is 11.3 Å². The number of hydrogen-bond donors (Lipinski definition) is 2. The topological polar surface area (TPSA) is 52.6 Å². The van der Waals surface area contributed by atoms with Crippen molar-refractivity contribution in [3.63, 3.8) is 0 Å². The molecule has 0 radical (unpaired) electrons. The highest BCUT2D eigenvalue weighted by Gasteiger charge is 2.10. The smallest absolute Gasteiger partial charge is 0.233 e. The van der Waals surface area contributed by atoms with E-state index in [1.165, 1.54) is 0 Å². The van der Waals surface area contributed by atoms with Crippen molar-refractivity contribution in [2.24, 2.45) is 0 Å². The second-order valence-corrected chi connectivity index (χ2v) is 3.99. The summed E-state index contributed by atoms with van der Waals surface area (Å²) in [6.07, 6.45) is 0. The maximum atomic E-state index is 11.1. The van der Waals surface area contributed by atoms with Gasteiger partial charge in [-0.3, -0.25) is 9.69 Å². The van der Waals surface area contributed by atoms with Crippen LogP contribution in [0.25, 0.3) is 0 Å². The molecule has 5 heteroatoms. The molecular formula is C11H15ClN2O2. The molecule has 0 aliphatic heterocycles. The van der Waals surface area contributed by atoms with Crippen molar-refractivity contribution in [3.8, 4) is 5.75 Å². The normalized spacial score (nSPS) is 10.5. The number of rotatable bonds is 4. The number of carbonyl (C=O) groups is 1. The van der Waals surface area contributed by atoms with Gasteiger partial charge in [0.1, 0.15) is 5.75 Å². The molecule has 0 atom stereocenters. The fourth-order valence-electron chi connectivity index (χ4n) is 1.35. The fraction of sp³-hybridized carbons (Fsp3) is 0.364. The number of likely N-dealkylation sites (N-methyl/N-ethyl adjacent to an activating group) is 2. The standard InChI is InChI=1S/C11H15ClN2O2/c1-13-11(16)7-14(2)6-8-9(12)4-3-5-10(8)15/h3-5,15H,6-7H2,1-2H3,(H,13,16). The molecule has 1 rings (SSSR count). The first-order valence-electron chi connectivity index (χ1n) is 4.90. The van der Waals surface area contributed by atoms with E-state index in [0.29, 0.717) is 17.1 Å². The minimum atomic E-state index is -0.0750. The zero-order valence-electron chi connectivity index (χ0n) is 9.33. The number of phenols is 1. The van der Waals surface area contributed by atoms with E-state index in [4.69, 9.17) is 11.6 Å². The SMILES string of the molecule is CNC(=O)CN(C)Cc1c(O)cccc1Cl. The summed E-state index contributed by atoms with van der Waals surface area (Å²) in [6.45, 7) is 0.695. The van der Waals surface area contributed by atoms with Gasteiger partial charge in [0.2, 0.25) is 5.91 Å². The van der Waals surface area contributed by atoms with Crippen molar-refractivity contribution in [1.82, 2.24) is 10.2 Å². The molecule has 4 nitrogen and oxygen atoms in total. The molecule has 1 amide bonds. The Balaban J connectivity index is 2.69. The van der Waals surface area contributed by atoms with Crippen molar-refractivity contribution in [2.75, 3.05) is 20.6 Å². The van der Waals surface area contributed by atoms with Gasteiger partial charge < -0.3 is 10.4 Å². The summed E-state index contributed by atoms with van der Waals surface area (Å²) >= 11 is 5.96. The molecule has 0 bridgehead atoms. The van der Waals surface area contributed by atoms with Gasteiger partial charge in [-0.05, 0) is 19.2 Å². The molecule has 0 unspecified atom stereocenters. The summed E-state index contributed by atoms with van der Waals surface area (Å²) in [5.74, 6) is 0.0744. The second-order valence-electron chi connectivity index (χ2n) is 3.58. The largest absolute Gasteiger partial charge is 0.508 e. The quantitative estimate of drug-likeness (QED) is 0.835. The van der Waals surface area contributed by atoms with Gasteiger partial charge in [0.25, 0.3) is 0 Å². The number of aromatic hydroxyl groups is 1. The van der Waals surface area contributed by atoms with Gasteiger partial charge in [0.15, 0.2) is 0 Å². The van der Waals surface area contributed by atoms with Crippen LogP contribution in [0, 0.1) is 0 Å². The summed E-state index contributed by atoms with van der Waals surface area (Å²) < 4.78 is 0. The molecule has 0 aliphatic carbocycles. The van der Waals surface area contributed by atoms with Crippen molar-refractivity contribution >= 4 is 17.5 Å². The van der Waals surface area contributed by atoms with Crippen LogP contribution in [0.15, 0.2) is 18.2 Å². The highest BCUT2D eigenvalue weighted by molar-refractivity contribution is 6.31. The number of benzene rings is 1. The van der Waals surface area contributed by atoms with Gasteiger partial charge in [-0.1, -0.05) is 17.7 Å². The van der Waals surface area contributed by atoms with E-state index in [0.717, 1.165) is 0 Å². The Labute approximate surface area is 99.8 Å². The zero-order chi connectivity index (χ0) is 12.1. The minimum absolute atomic E-state index is 0.0750. The highest BCUT2D eigenvalue weighted by Crippen LogP contribution is 2.26. The number of hydrogen-bond acceptors (Lipinski definition) is 3. The van der Waals surface area contributed by atoms with Crippen LogP contribution in [0.5, 0.6) is 5.75 Å². The third-order valence-corrected chi connectivity index (χ3v) is 2.57. The summed E-state index contributed by atoms with van der Waals surface area (Å²) in [7, 11) is 3.38. The minimum Gasteiger partial charge on any atom is -0.508 e. The van der Waals surface area contributed by atoms with Crippen molar-refractivity contribution < 1.29 is 9.90 Å². The van der Waals surface area contributed by atoms with Crippen molar-refractivity contribution in [1.29, 1.82) is 0 Å². The second kappa shape index (κ2) is 5.72. The van der Waals surface area contributed by atoms with E-state index < -0.39 is 0 Å². The molecule has 88 valence electrons. The van der Waals surface area contributed by atoms with Gasteiger partial charge >= 0.3 is 0 Å². The highest BCUT2D eigenvalue weighted by atomic mass is 35.5.